The van der Waals surface area contributed by atoms with Crippen molar-refractivity contribution in [1.82, 2.24) is 19.5 Å². The highest BCUT2D eigenvalue weighted by Gasteiger charge is 2.32. The van der Waals surface area contributed by atoms with Crippen molar-refractivity contribution in [1.29, 1.82) is 0 Å². The molecule has 6 nitrogen and oxygen atoms in total. The summed E-state index contributed by atoms with van der Waals surface area (Å²) in [4.78, 5) is 24.8. The molecule has 1 unspecified atom stereocenters. The average Bonchev–Trinajstić information content (AvgIpc) is 3.37. The monoisotopic (exact) mass is 543 g/mol. The predicted octanol–water partition coefficient (Wildman–Crippen LogP) is 7.18. The van der Waals surface area contributed by atoms with Gasteiger partial charge in [0.15, 0.2) is 5.82 Å². The lowest BCUT2D eigenvalue weighted by atomic mass is 9.99. The highest BCUT2D eigenvalue weighted by Crippen LogP contribution is 2.33. The first-order chi connectivity index (χ1) is 18.2. The van der Waals surface area contributed by atoms with Crippen molar-refractivity contribution in [3.8, 4) is 10.4 Å². The van der Waals surface area contributed by atoms with Crippen LogP contribution < -0.4 is 11.0 Å². The first-order valence-electron chi connectivity index (χ1n) is 13.4. The van der Waals surface area contributed by atoms with Gasteiger partial charge in [0.05, 0.1) is 0 Å². The zero-order chi connectivity index (χ0) is 28.0. The van der Waals surface area contributed by atoms with Crippen molar-refractivity contribution in [2.75, 3.05) is 12.0 Å². The number of unbranched alkanes of at least 4 members (excludes halogenated alkanes) is 1. The molecule has 0 radical (unpaired) electrons. The Labute approximate surface area is 228 Å². The second-order valence-corrected chi connectivity index (χ2v) is 10.2. The van der Waals surface area contributed by atoms with E-state index >= 15 is 0 Å². The summed E-state index contributed by atoms with van der Waals surface area (Å²) in [6.45, 7) is 15.7. The highest BCUT2D eigenvalue weighted by atomic mass is 32.1. The summed E-state index contributed by atoms with van der Waals surface area (Å²) in [6, 6.07) is 5.22. The molecule has 1 atom stereocenters. The Morgan fingerprint density at radius 2 is 1.87 bits per heavy atom. The van der Waals surface area contributed by atoms with Gasteiger partial charge in [0.1, 0.15) is 11.9 Å². The molecule has 0 amide bonds. The third-order valence-electron chi connectivity index (χ3n) is 6.81. The van der Waals surface area contributed by atoms with Gasteiger partial charge in [-0.25, -0.2) is 18.4 Å². The molecule has 1 N–H and O–H groups in total. The fourth-order valence-corrected chi connectivity index (χ4v) is 5.32. The molecule has 2 aliphatic rings. The van der Waals surface area contributed by atoms with Crippen molar-refractivity contribution in [2.24, 2.45) is 0 Å². The van der Waals surface area contributed by atoms with Gasteiger partial charge in [-0.05, 0) is 60.6 Å². The van der Waals surface area contributed by atoms with Gasteiger partial charge in [0.2, 0.25) is 0 Å². The van der Waals surface area contributed by atoms with Crippen LogP contribution in [0.4, 0.5) is 8.78 Å². The maximum absolute atomic E-state index is 13.1. The van der Waals surface area contributed by atoms with Gasteiger partial charge in [-0.3, -0.25) is 20.1 Å². The lowest BCUT2D eigenvalue weighted by Gasteiger charge is -2.40. The topological polar surface area (TPSA) is 63.1 Å². The molecule has 0 fully saturated rings. The Hall–Kier alpha value is -2.91. The average molecular weight is 544 g/mol. The fourth-order valence-electron chi connectivity index (χ4n) is 4.41. The number of halogens is 2. The van der Waals surface area contributed by atoms with E-state index in [1.165, 1.54) is 28.0 Å². The molecule has 0 saturated heterocycles. The van der Waals surface area contributed by atoms with Gasteiger partial charge < -0.3 is 0 Å². The molecule has 2 aliphatic heterocycles. The van der Waals surface area contributed by atoms with E-state index in [4.69, 9.17) is 4.98 Å². The number of nitrogens with one attached hydrogen (secondary N) is 1. The summed E-state index contributed by atoms with van der Waals surface area (Å²) in [5.41, 5.74) is 8.49. The SMILES string of the molecule is CC.CC1=C(C)C(N2CCc3ncc(-c4sccc4C)cc3C2)Nn2c1nc(C(F)F)cc2=O.CCCC. The molecule has 5 rings (SSSR count). The first kappa shape index (κ1) is 29.6. The highest BCUT2D eigenvalue weighted by molar-refractivity contribution is 7.13. The number of aryl methyl sites for hydroxylation is 1. The number of fused-ring (bicyclic) bond motifs is 2. The summed E-state index contributed by atoms with van der Waals surface area (Å²) < 4.78 is 27.6. The Balaban J connectivity index is 0.000000612. The molecule has 0 aliphatic carbocycles. The molecule has 206 valence electrons. The van der Waals surface area contributed by atoms with E-state index in [2.05, 4.69) is 53.6 Å². The van der Waals surface area contributed by atoms with Crippen molar-refractivity contribution in [2.45, 2.75) is 86.9 Å². The van der Waals surface area contributed by atoms with Crippen LogP contribution >= 0.6 is 11.3 Å². The number of allylic oxidation sites excluding steroid dienone is 1. The number of hydrogen-bond acceptors (Lipinski definition) is 6. The number of pyridine rings is 1. The molecular weight excluding hydrogens is 504 g/mol. The van der Waals surface area contributed by atoms with Crippen LogP contribution in [0.3, 0.4) is 0 Å². The molecule has 0 saturated carbocycles. The van der Waals surface area contributed by atoms with Crippen LogP contribution in [0, 0.1) is 6.92 Å². The van der Waals surface area contributed by atoms with Crippen molar-refractivity contribution in [3.05, 3.63) is 74.0 Å². The number of alkyl halides is 2. The van der Waals surface area contributed by atoms with E-state index < -0.39 is 17.7 Å². The number of rotatable bonds is 4. The second kappa shape index (κ2) is 13.2. The summed E-state index contributed by atoms with van der Waals surface area (Å²) in [5, 5.41) is 2.09. The lowest BCUT2D eigenvalue weighted by molar-refractivity contribution is 0.145. The maximum Gasteiger partial charge on any atom is 0.280 e. The standard InChI is InChI=1S/C23H23F2N5OS.C4H10.C2H6/c1-12-5-7-32-20(12)15-8-16-11-29(6-4-17(16)26-10-15)23-14(3)13(2)22-27-18(21(24)25)9-19(31)30(22)28-23;1-3-4-2;1-2/h5,7-10,21,23,28H,4,6,11H2,1-3H3;3-4H2,1-2H3;1-2H3. The van der Waals surface area contributed by atoms with Gasteiger partial charge in [-0.15, -0.1) is 11.3 Å². The summed E-state index contributed by atoms with van der Waals surface area (Å²) in [7, 11) is 0. The van der Waals surface area contributed by atoms with Crippen LogP contribution in [-0.4, -0.2) is 32.3 Å². The molecule has 0 bridgehead atoms. The third-order valence-corrected chi connectivity index (χ3v) is 7.87. The van der Waals surface area contributed by atoms with Crippen molar-refractivity contribution in [3.63, 3.8) is 0 Å². The third kappa shape index (κ3) is 6.21. The molecule has 5 heterocycles. The number of nitrogens with zero attached hydrogens (tertiary/aromatic N) is 4. The smallest absolute Gasteiger partial charge is 0.280 e. The molecule has 0 spiro atoms. The van der Waals surface area contributed by atoms with E-state index in [1.54, 1.807) is 11.3 Å². The van der Waals surface area contributed by atoms with Gasteiger partial charge in [0.25, 0.3) is 12.0 Å². The minimum absolute atomic E-state index is 0.236. The van der Waals surface area contributed by atoms with E-state index in [1.807, 2.05) is 33.9 Å². The summed E-state index contributed by atoms with van der Waals surface area (Å²) in [6.07, 6.45) is 2.36. The molecule has 38 heavy (non-hydrogen) atoms. The van der Waals surface area contributed by atoms with E-state index in [-0.39, 0.29) is 12.0 Å². The normalized spacial score (nSPS) is 16.5. The minimum atomic E-state index is -2.79. The predicted molar refractivity (Wildman–Crippen MR) is 153 cm³/mol. The van der Waals surface area contributed by atoms with E-state index in [0.717, 1.165) is 47.0 Å². The van der Waals surface area contributed by atoms with Crippen LogP contribution in [0.1, 0.15) is 89.1 Å². The largest absolute Gasteiger partial charge is 0.300 e. The Morgan fingerprint density at radius 1 is 1.16 bits per heavy atom. The van der Waals surface area contributed by atoms with Crippen LogP contribution in [-0.2, 0) is 13.0 Å². The molecule has 3 aromatic rings. The Bertz CT molecular complexity index is 1330. The molecule has 9 heteroatoms. The zero-order valence-electron chi connectivity index (χ0n) is 23.4. The van der Waals surface area contributed by atoms with Crippen molar-refractivity contribution < 1.29 is 8.78 Å². The van der Waals surface area contributed by atoms with E-state index in [0.29, 0.717) is 6.54 Å². The van der Waals surface area contributed by atoms with Crippen LogP contribution in [0.25, 0.3) is 16.0 Å². The number of hydrogen-bond donors (Lipinski definition) is 1. The number of aromatic nitrogens is 3. The maximum atomic E-state index is 13.1. The Kier molecular flexibility index (Phi) is 10.3. The summed E-state index contributed by atoms with van der Waals surface area (Å²) in [5.74, 6) is 0.246. The van der Waals surface area contributed by atoms with Gasteiger partial charge in [-0.2, -0.15) is 0 Å². The van der Waals surface area contributed by atoms with Gasteiger partial charge >= 0.3 is 0 Å². The van der Waals surface area contributed by atoms with Gasteiger partial charge in [0, 0.05) is 47.9 Å². The van der Waals surface area contributed by atoms with E-state index in [9.17, 15) is 13.6 Å². The van der Waals surface area contributed by atoms with Gasteiger partial charge in [-0.1, -0.05) is 40.5 Å². The number of thiophene rings is 1. The molecular formula is C29H39F2N5OS. The zero-order valence-corrected chi connectivity index (χ0v) is 24.3. The van der Waals surface area contributed by atoms with Crippen molar-refractivity contribution >= 4 is 16.9 Å². The van der Waals surface area contributed by atoms with Crippen LogP contribution in [0.2, 0.25) is 0 Å². The summed E-state index contributed by atoms with van der Waals surface area (Å²) >= 11 is 1.71. The van der Waals surface area contributed by atoms with Crippen LogP contribution in [0.5, 0.6) is 0 Å². The molecule has 0 aromatic carbocycles. The fraction of sp³-hybridized carbons (Fsp3) is 0.483. The minimum Gasteiger partial charge on any atom is -0.300 e. The second-order valence-electron chi connectivity index (χ2n) is 9.30. The quantitative estimate of drug-likeness (QED) is 0.378. The first-order valence-corrected chi connectivity index (χ1v) is 14.3. The Morgan fingerprint density at radius 3 is 2.47 bits per heavy atom. The lowest BCUT2D eigenvalue weighted by Crippen LogP contribution is -2.52. The molecule has 3 aromatic heterocycles. The van der Waals surface area contributed by atoms with Crippen LogP contribution in [0.15, 0.2) is 40.1 Å².